The standard InChI is InChI=1S/C20H17N2O2P/c23-21-14-16-8-4-6-12-19(16)25(18-10-2-1-3-11-18)20-13-7-5-9-17(20)15-22-24/h1-15,23-24H/b21-14+,22-15+. The van der Waals surface area contributed by atoms with Gasteiger partial charge in [-0.15, -0.1) is 0 Å². The first-order chi connectivity index (χ1) is 12.3. The Hall–Kier alpha value is -2.97. The lowest BCUT2D eigenvalue weighted by Crippen LogP contribution is -2.25. The smallest absolute Gasteiger partial charge is 0.0740 e. The van der Waals surface area contributed by atoms with Crippen molar-refractivity contribution in [1.29, 1.82) is 0 Å². The van der Waals surface area contributed by atoms with Crippen LogP contribution in [0.4, 0.5) is 0 Å². The molecule has 4 nitrogen and oxygen atoms in total. The third-order valence-electron chi connectivity index (χ3n) is 3.76. The minimum atomic E-state index is -0.915. The molecule has 0 radical (unpaired) electrons. The van der Waals surface area contributed by atoms with E-state index in [2.05, 4.69) is 22.4 Å². The Bertz CT molecular complexity index is 839. The largest absolute Gasteiger partial charge is 0.411 e. The number of rotatable bonds is 5. The number of hydrogen-bond donors (Lipinski definition) is 2. The first-order valence-electron chi connectivity index (χ1n) is 7.73. The van der Waals surface area contributed by atoms with E-state index in [0.717, 1.165) is 27.0 Å². The number of oxime groups is 2. The molecule has 0 aromatic heterocycles. The summed E-state index contributed by atoms with van der Waals surface area (Å²) in [5.74, 6) is 0. The highest BCUT2D eigenvalue weighted by molar-refractivity contribution is 7.80. The second-order valence-corrected chi connectivity index (χ2v) is 7.43. The zero-order chi connectivity index (χ0) is 17.5. The summed E-state index contributed by atoms with van der Waals surface area (Å²) in [5.41, 5.74) is 1.71. The third kappa shape index (κ3) is 3.76. The fourth-order valence-corrected chi connectivity index (χ4v) is 5.25. The fourth-order valence-electron chi connectivity index (χ4n) is 2.71. The molecule has 0 aliphatic carbocycles. The van der Waals surface area contributed by atoms with Crippen LogP contribution in [-0.4, -0.2) is 22.8 Å². The van der Waals surface area contributed by atoms with Crippen molar-refractivity contribution in [3.8, 4) is 0 Å². The molecule has 3 rings (SSSR count). The van der Waals surface area contributed by atoms with Crippen LogP contribution in [0.2, 0.25) is 0 Å². The molecular formula is C20H17N2O2P. The summed E-state index contributed by atoms with van der Waals surface area (Å²) in [6, 6.07) is 25.9. The van der Waals surface area contributed by atoms with Gasteiger partial charge in [0.15, 0.2) is 0 Å². The molecule has 3 aromatic carbocycles. The number of benzene rings is 3. The summed E-state index contributed by atoms with van der Waals surface area (Å²) in [6.07, 6.45) is 2.91. The molecule has 25 heavy (non-hydrogen) atoms. The van der Waals surface area contributed by atoms with E-state index in [-0.39, 0.29) is 0 Å². The van der Waals surface area contributed by atoms with Crippen molar-refractivity contribution < 1.29 is 10.4 Å². The van der Waals surface area contributed by atoms with Gasteiger partial charge in [0, 0.05) is 11.1 Å². The molecule has 0 saturated heterocycles. The van der Waals surface area contributed by atoms with Gasteiger partial charge in [0.25, 0.3) is 0 Å². The van der Waals surface area contributed by atoms with Crippen molar-refractivity contribution in [3.05, 3.63) is 90.0 Å². The van der Waals surface area contributed by atoms with Crippen LogP contribution >= 0.6 is 7.92 Å². The van der Waals surface area contributed by atoms with Crippen LogP contribution in [0.3, 0.4) is 0 Å². The van der Waals surface area contributed by atoms with Gasteiger partial charge in [0.05, 0.1) is 12.4 Å². The Morgan fingerprint density at radius 2 is 1.04 bits per heavy atom. The summed E-state index contributed by atoms with van der Waals surface area (Å²) in [6.45, 7) is 0. The van der Waals surface area contributed by atoms with Crippen LogP contribution in [0.25, 0.3) is 0 Å². The highest BCUT2D eigenvalue weighted by Gasteiger charge is 2.21. The zero-order valence-electron chi connectivity index (χ0n) is 13.4. The van der Waals surface area contributed by atoms with Crippen LogP contribution < -0.4 is 15.9 Å². The van der Waals surface area contributed by atoms with E-state index in [4.69, 9.17) is 10.4 Å². The van der Waals surface area contributed by atoms with Gasteiger partial charge >= 0.3 is 0 Å². The minimum absolute atomic E-state index is 0.857. The second kappa shape index (κ2) is 8.22. The van der Waals surface area contributed by atoms with Gasteiger partial charge < -0.3 is 10.4 Å². The Labute approximate surface area is 147 Å². The van der Waals surface area contributed by atoms with Gasteiger partial charge in [-0.25, -0.2) is 0 Å². The molecule has 0 saturated carbocycles. The van der Waals surface area contributed by atoms with Crippen LogP contribution in [0.15, 0.2) is 89.2 Å². The molecular weight excluding hydrogens is 331 g/mol. The highest BCUT2D eigenvalue weighted by atomic mass is 31.1. The molecule has 0 bridgehead atoms. The predicted octanol–water partition coefficient (Wildman–Crippen LogP) is 3.06. The predicted molar refractivity (Wildman–Crippen MR) is 104 cm³/mol. The normalized spacial score (nSPS) is 11.6. The molecule has 0 atom stereocenters. The molecule has 124 valence electrons. The van der Waals surface area contributed by atoms with Gasteiger partial charge in [-0.05, 0) is 23.8 Å². The van der Waals surface area contributed by atoms with Gasteiger partial charge in [0.2, 0.25) is 0 Å². The topological polar surface area (TPSA) is 65.2 Å². The SMILES string of the molecule is O/N=C/c1ccccc1P(c1ccccc1)c1ccccc1/C=N/O. The quantitative estimate of drug-likeness (QED) is 0.322. The summed E-state index contributed by atoms with van der Waals surface area (Å²) in [4.78, 5) is 0. The fraction of sp³-hybridized carbons (Fsp3) is 0. The molecule has 5 heteroatoms. The van der Waals surface area contributed by atoms with Crippen LogP contribution in [0.1, 0.15) is 11.1 Å². The summed E-state index contributed by atoms with van der Waals surface area (Å²) < 4.78 is 0. The molecule has 0 amide bonds. The molecule has 2 N–H and O–H groups in total. The van der Waals surface area contributed by atoms with Crippen molar-refractivity contribution in [3.63, 3.8) is 0 Å². The van der Waals surface area contributed by atoms with Gasteiger partial charge in [-0.1, -0.05) is 89.2 Å². The van der Waals surface area contributed by atoms with Crippen molar-refractivity contribution in [2.75, 3.05) is 0 Å². The first kappa shape index (κ1) is 16.9. The average Bonchev–Trinajstić information content (AvgIpc) is 2.66. The maximum Gasteiger partial charge on any atom is 0.0740 e. The number of hydrogen-bond acceptors (Lipinski definition) is 4. The lowest BCUT2D eigenvalue weighted by atomic mass is 10.2. The van der Waals surface area contributed by atoms with Crippen molar-refractivity contribution in [2.24, 2.45) is 10.3 Å². The van der Waals surface area contributed by atoms with Crippen LogP contribution in [0, 0.1) is 0 Å². The van der Waals surface area contributed by atoms with E-state index in [1.807, 2.05) is 66.7 Å². The lowest BCUT2D eigenvalue weighted by Gasteiger charge is -2.22. The molecule has 3 aromatic rings. The van der Waals surface area contributed by atoms with E-state index >= 15 is 0 Å². The van der Waals surface area contributed by atoms with E-state index in [1.54, 1.807) is 0 Å². The summed E-state index contributed by atoms with van der Waals surface area (Å²) in [7, 11) is -0.915. The van der Waals surface area contributed by atoms with E-state index < -0.39 is 7.92 Å². The van der Waals surface area contributed by atoms with Gasteiger partial charge in [0.1, 0.15) is 0 Å². The van der Waals surface area contributed by atoms with Crippen molar-refractivity contribution >= 4 is 36.3 Å². The molecule has 0 aliphatic rings. The Morgan fingerprint density at radius 1 is 0.600 bits per heavy atom. The maximum atomic E-state index is 9.03. The minimum Gasteiger partial charge on any atom is -0.411 e. The van der Waals surface area contributed by atoms with Gasteiger partial charge in [-0.3, -0.25) is 0 Å². The van der Waals surface area contributed by atoms with E-state index in [0.29, 0.717) is 0 Å². The van der Waals surface area contributed by atoms with Crippen LogP contribution in [-0.2, 0) is 0 Å². The zero-order valence-corrected chi connectivity index (χ0v) is 14.3. The number of nitrogens with zero attached hydrogens (tertiary/aromatic N) is 2. The average molecular weight is 348 g/mol. The van der Waals surface area contributed by atoms with Crippen molar-refractivity contribution in [1.82, 2.24) is 0 Å². The Morgan fingerprint density at radius 3 is 1.52 bits per heavy atom. The molecule has 0 spiro atoms. The molecule has 0 aliphatic heterocycles. The Balaban J connectivity index is 2.26. The molecule has 0 heterocycles. The Kier molecular flexibility index (Phi) is 5.55. The lowest BCUT2D eigenvalue weighted by molar-refractivity contribution is 0.321. The first-order valence-corrected chi connectivity index (χ1v) is 9.07. The summed E-state index contributed by atoms with van der Waals surface area (Å²) >= 11 is 0. The highest BCUT2D eigenvalue weighted by Crippen LogP contribution is 2.34. The maximum absolute atomic E-state index is 9.03. The van der Waals surface area contributed by atoms with Crippen molar-refractivity contribution in [2.45, 2.75) is 0 Å². The molecule has 0 unspecified atom stereocenters. The molecule has 0 fully saturated rings. The van der Waals surface area contributed by atoms with Crippen LogP contribution in [0.5, 0.6) is 0 Å². The van der Waals surface area contributed by atoms with E-state index in [9.17, 15) is 0 Å². The third-order valence-corrected chi connectivity index (χ3v) is 6.36. The summed E-state index contributed by atoms with van der Waals surface area (Å²) in [5, 5.41) is 27.8. The van der Waals surface area contributed by atoms with Gasteiger partial charge in [-0.2, -0.15) is 0 Å². The van der Waals surface area contributed by atoms with E-state index in [1.165, 1.54) is 12.4 Å². The second-order valence-electron chi connectivity index (χ2n) is 5.28. The monoisotopic (exact) mass is 348 g/mol.